The summed E-state index contributed by atoms with van der Waals surface area (Å²) in [4.78, 5) is 31.8. The van der Waals surface area contributed by atoms with Crippen LogP contribution in [0.1, 0.15) is 31.9 Å². The average Bonchev–Trinajstić information content (AvgIpc) is 2.66. The number of carbonyl (C=O) groups is 1. The third kappa shape index (κ3) is 5.74. The van der Waals surface area contributed by atoms with Crippen molar-refractivity contribution in [3.8, 4) is 11.5 Å². The molecule has 0 aliphatic heterocycles. The molecule has 11 heteroatoms. The predicted octanol–water partition coefficient (Wildman–Crippen LogP) is 3.04. The number of phenols is 1. The van der Waals surface area contributed by atoms with Gasteiger partial charge in [-0.3, -0.25) is 25.0 Å². The van der Waals surface area contributed by atoms with Crippen LogP contribution in [-0.4, -0.2) is 33.7 Å². The number of nitrogens with one attached hydrogen (secondary N) is 1. The molecule has 158 valence electrons. The van der Waals surface area contributed by atoms with E-state index in [2.05, 4.69) is 31.3 Å². The van der Waals surface area contributed by atoms with E-state index < -0.39 is 32.9 Å². The molecule has 1 amide bonds. The molecule has 2 N–H and O–H groups in total. The Hall–Kier alpha value is -4.02. The van der Waals surface area contributed by atoms with Crippen LogP contribution in [0, 0.1) is 20.2 Å². The van der Waals surface area contributed by atoms with Gasteiger partial charge in [0.1, 0.15) is 5.75 Å². The molecular weight excluding hydrogens is 396 g/mol. The van der Waals surface area contributed by atoms with Gasteiger partial charge in [-0.2, -0.15) is 5.10 Å². The number of nitro groups is 2. The average molecular weight is 416 g/mol. The second kappa shape index (κ2) is 8.99. The molecule has 2 aromatic carbocycles. The number of carbonyl (C=O) groups excluding carboxylic acids is 1. The predicted molar refractivity (Wildman–Crippen MR) is 108 cm³/mol. The minimum atomic E-state index is -0.961. The van der Waals surface area contributed by atoms with E-state index in [1.165, 1.54) is 0 Å². The number of hydrogen-bond donors (Lipinski definition) is 2. The lowest BCUT2D eigenvalue weighted by molar-refractivity contribution is -0.394. The number of phenolic OH excluding ortho intramolecular Hbond substituents is 1. The van der Waals surface area contributed by atoms with Crippen LogP contribution < -0.4 is 10.2 Å². The molecule has 0 bridgehead atoms. The van der Waals surface area contributed by atoms with E-state index in [-0.39, 0.29) is 17.6 Å². The van der Waals surface area contributed by atoms with Gasteiger partial charge in [0.15, 0.2) is 6.61 Å². The number of nitro benzene ring substituents is 2. The molecule has 2 rings (SSSR count). The highest BCUT2D eigenvalue weighted by molar-refractivity contribution is 5.88. The van der Waals surface area contributed by atoms with Crippen LogP contribution in [0.25, 0.3) is 0 Å². The van der Waals surface area contributed by atoms with Crippen molar-refractivity contribution in [2.45, 2.75) is 26.2 Å². The lowest BCUT2D eigenvalue weighted by Crippen LogP contribution is -2.24. The van der Waals surface area contributed by atoms with E-state index in [9.17, 15) is 30.1 Å². The Balaban J connectivity index is 2.01. The summed E-state index contributed by atoms with van der Waals surface area (Å²) in [5.74, 6) is -0.960. The topological polar surface area (TPSA) is 157 Å². The van der Waals surface area contributed by atoms with Gasteiger partial charge in [0.05, 0.1) is 27.7 Å². The zero-order valence-electron chi connectivity index (χ0n) is 16.5. The van der Waals surface area contributed by atoms with E-state index in [1.807, 2.05) is 12.1 Å². The van der Waals surface area contributed by atoms with E-state index in [1.54, 1.807) is 12.1 Å². The third-order valence-electron chi connectivity index (χ3n) is 3.99. The molecule has 0 fully saturated rings. The first-order valence-corrected chi connectivity index (χ1v) is 8.70. The monoisotopic (exact) mass is 416 g/mol. The van der Waals surface area contributed by atoms with Gasteiger partial charge in [0, 0.05) is 6.07 Å². The smallest absolute Gasteiger partial charge is 0.318 e. The Morgan fingerprint density at radius 2 is 1.80 bits per heavy atom. The minimum absolute atomic E-state index is 0.0161. The molecule has 0 aliphatic rings. The van der Waals surface area contributed by atoms with Gasteiger partial charge in [0.2, 0.25) is 5.75 Å². The molecule has 0 aromatic heterocycles. The first-order valence-electron chi connectivity index (χ1n) is 8.70. The Morgan fingerprint density at radius 1 is 1.17 bits per heavy atom. The fourth-order valence-electron chi connectivity index (χ4n) is 2.37. The normalized spacial score (nSPS) is 11.3. The fourth-order valence-corrected chi connectivity index (χ4v) is 2.37. The van der Waals surface area contributed by atoms with Crippen molar-refractivity contribution in [2.24, 2.45) is 5.10 Å². The van der Waals surface area contributed by atoms with Crippen LogP contribution in [0.4, 0.5) is 11.4 Å². The summed E-state index contributed by atoms with van der Waals surface area (Å²) >= 11 is 0. The van der Waals surface area contributed by atoms with Crippen LogP contribution in [0.2, 0.25) is 0 Å². The van der Waals surface area contributed by atoms with Crippen LogP contribution >= 0.6 is 0 Å². The number of nitrogens with zero attached hydrogens (tertiary/aromatic N) is 3. The standard InChI is InChI=1S/C19H20N4O7/c1-19(2,3)13-4-6-15(7-5-13)30-11-17(24)21-20-10-12-8-14(22(26)27)9-16(18(12)25)23(28)29/h4-10,25H,11H2,1-3H3,(H,21,24)/b20-10+. The van der Waals surface area contributed by atoms with Crippen molar-refractivity contribution in [3.63, 3.8) is 0 Å². The van der Waals surface area contributed by atoms with Crippen molar-refractivity contribution in [3.05, 3.63) is 67.8 Å². The second-order valence-electron chi connectivity index (χ2n) is 7.27. The van der Waals surface area contributed by atoms with Crippen LogP contribution in [0.15, 0.2) is 41.5 Å². The Labute approximate surface area is 171 Å². The summed E-state index contributed by atoms with van der Waals surface area (Å²) in [6, 6.07) is 8.77. The molecule has 0 atom stereocenters. The highest BCUT2D eigenvalue weighted by atomic mass is 16.6. The summed E-state index contributed by atoms with van der Waals surface area (Å²) in [6.45, 7) is 5.86. The highest BCUT2D eigenvalue weighted by Crippen LogP contribution is 2.33. The van der Waals surface area contributed by atoms with E-state index in [0.717, 1.165) is 17.8 Å². The van der Waals surface area contributed by atoms with Crippen molar-refractivity contribution < 1.29 is 24.5 Å². The largest absolute Gasteiger partial charge is 0.502 e. The number of hydrazone groups is 1. The van der Waals surface area contributed by atoms with Gasteiger partial charge < -0.3 is 9.84 Å². The quantitative estimate of drug-likeness (QED) is 0.399. The van der Waals surface area contributed by atoms with Gasteiger partial charge in [0.25, 0.3) is 11.6 Å². The molecular formula is C19H20N4O7. The van der Waals surface area contributed by atoms with E-state index in [0.29, 0.717) is 11.8 Å². The lowest BCUT2D eigenvalue weighted by Gasteiger charge is -2.19. The number of rotatable bonds is 7. The lowest BCUT2D eigenvalue weighted by atomic mass is 9.87. The van der Waals surface area contributed by atoms with Crippen molar-refractivity contribution in [2.75, 3.05) is 6.61 Å². The second-order valence-corrected chi connectivity index (χ2v) is 7.27. The molecule has 30 heavy (non-hydrogen) atoms. The molecule has 0 spiro atoms. The highest BCUT2D eigenvalue weighted by Gasteiger charge is 2.23. The Kier molecular flexibility index (Phi) is 6.67. The number of ether oxygens (including phenoxy) is 1. The number of hydrogen-bond acceptors (Lipinski definition) is 8. The first-order chi connectivity index (χ1) is 14.0. The molecule has 0 aliphatic carbocycles. The number of aromatic hydroxyl groups is 1. The maximum atomic E-state index is 11.8. The van der Waals surface area contributed by atoms with Gasteiger partial charge in [-0.05, 0) is 23.1 Å². The van der Waals surface area contributed by atoms with Gasteiger partial charge in [-0.15, -0.1) is 0 Å². The van der Waals surface area contributed by atoms with Gasteiger partial charge in [-0.25, -0.2) is 5.43 Å². The number of benzene rings is 2. The fraction of sp³-hybridized carbons (Fsp3) is 0.263. The molecule has 0 unspecified atom stereocenters. The molecule has 0 radical (unpaired) electrons. The Bertz CT molecular complexity index is 995. The van der Waals surface area contributed by atoms with Crippen LogP contribution in [0.3, 0.4) is 0 Å². The van der Waals surface area contributed by atoms with Crippen molar-refractivity contribution in [1.82, 2.24) is 5.43 Å². The summed E-state index contributed by atoms with van der Waals surface area (Å²) in [5, 5.41) is 35.2. The van der Waals surface area contributed by atoms with Crippen LogP contribution in [0.5, 0.6) is 11.5 Å². The molecule has 0 heterocycles. The van der Waals surface area contributed by atoms with Crippen LogP contribution in [-0.2, 0) is 10.2 Å². The van der Waals surface area contributed by atoms with Gasteiger partial charge >= 0.3 is 5.69 Å². The van der Waals surface area contributed by atoms with Gasteiger partial charge in [-0.1, -0.05) is 32.9 Å². The summed E-state index contributed by atoms with van der Waals surface area (Å²) in [6.07, 6.45) is 0.866. The molecule has 0 saturated carbocycles. The first kappa shape index (κ1) is 22.3. The molecule has 11 nitrogen and oxygen atoms in total. The SMILES string of the molecule is CC(C)(C)c1ccc(OCC(=O)N/N=C/c2cc([N+](=O)[O-])cc([N+](=O)[O-])c2O)cc1. The maximum Gasteiger partial charge on any atom is 0.318 e. The molecule has 2 aromatic rings. The number of non-ortho nitro benzene ring substituents is 1. The third-order valence-corrected chi connectivity index (χ3v) is 3.99. The Morgan fingerprint density at radius 3 is 2.33 bits per heavy atom. The van der Waals surface area contributed by atoms with Crippen molar-refractivity contribution in [1.29, 1.82) is 0 Å². The zero-order valence-corrected chi connectivity index (χ0v) is 16.5. The summed E-state index contributed by atoms with van der Waals surface area (Å²) in [5.41, 5.74) is 1.46. The number of amides is 1. The molecule has 0 saturated heterocycles. The minimum Gasteiger partial charge on any atom is -0.502 e. The van der Waals surface area contributed by atoms with Crippen molar-refractivity contribution >= 4 is 23.5 Å². The van der Waals surface area contributed by atoms with E-state index in [4.69, 9.17) is 4.74 Å². The summed E-state index contributed by atoms with van der Waals surface area (Å²) < 4.78 is 5.35. The van der Waals surface area contributed by atoms with E-state index >= 15 is 0 Å². The zero-order chi connectivity index (χ0) is 22.5. The maximum absolute atomic E-state index is 11.8. The summed E-state index contributed by atoms with van der Waals surface area (Å²) in [7, 11) is 0.